The van der Waals surface area contributed by atoms with Gasteiger partial charge in [0.15, 0.2) is 6.29 Å². The van der Waals surface area contributed by atoms with E-state index in [1.807, 2.05) is 43.2 Å². The molecule has 3 aromatic rings. The topological polar surface area (TPSA) is 50.1 Å². The smallest absolute Gasteiger partial charge is 0.157 e. The first-order valence-corrected chi connectivity index (χ1v) is 9.91. The lowest BCUT2D eigenvalue weighted by Gasteiger charge is -2.22. The molecular weight excluding hydrogens is 368 g/mol. The molecule has 0 N–H and O–H groups in total. The Bertz CT molecular complexity index is 940. The van der Waals surface area contributed by atoms with E-state index in [1.165, 1.54) is 0 Å². The minimum Gasteiger partial charge on any atom is -0.496 e. The van der Waals surface area contributed by atoms with E-state index in [9.17, 15) is 0 Å². The first kappa shape index (κ1) is 19.8. The number of hydrogen-bond acceptors (Lipinski definition) is 5. The fourth-order valence-corrected chi connectivity index (χ4v) is 3.70. The summed E-state index contributed by atoms with van der Waals surface area (Å²) in [5.41, 5.74) is 2.85. The largest absolute Gasteiger partial charge is 0.496 e. The SMILES string of the molecule is COc1cc([CH]c2cocc2[CH]COC2CCCCO2)c(OC)c2ccccc12. The highest BCUT2D eigenvalue weighted by Gasteiger charge is 2.18. The van der Waals surface area contributed by atoms with Gasteiger partial charge >= 0.3 is 0 Å². The summed E-state index contributed by atoms with van der Waals surface area (Å²) >= 11 is 0. The number of ether oxygens (including phenoxy) is 4. The maximum atomic E-state index is 5.82. The normalized spacial score (nSPS) is 16.8. The van der Waals surface area contributed by atoms with E-state index in [1.54, 1.807) is 26.7 Å². The average Bonchev–Trinajstić information content (AvgIpc) is 3.20. The predicted octanol–water partition coefficient (Wildman–Crippen LogP) is 5.15. The van der Waals surface area contributed by atoms with Gasteiger partial charge in [0.2, 0.25) is 0 Å². The Morgan fingerprint density at radius 2 is 1.83 bits per heavy atom. The van der Waals surface area contributed by atoms with E-state index in [4.69, 9.17) is 23.4 Å². The van der Waals surface area contributed by atoms with Gasteiger partial charge in [0, 0.05) is 46.9 Å². The van der Waals surface area contributed by atoms with Crippen LogP contribution in [0.3, 0.4) is 0 Å². The Labute approximate surface area is 171 Å². The maximum Gasteiger partial charge on any atom is 0.157 e. The van der Waals surface area contributed by atoms with Gasteiger partial charge in [0.05, 0.1) is 33.4 Å². The Hall–Kier alpha value is -2.50. The number of hydrogen-bond donors (Lipinski definition) is 0. The van der Waals surface area contributed by atoms with Crippen molar-refractivity contribution >= 4 is 10.8 Å². The average molecular weight is 394 g/mol. The maximum absolute atomic E-state index is 5.82. The van der Waals surface area contributed by atoms with Gasteiger partial charge < -0.3 is 23.4 Å². The molecule has 152 valence electrons. The van der Waals surface area contributed by atoms with Crippen LogP contribution in [-0.4, -0.2) is 33.7 Å². The van der Waals surface area contributed by atoms with Gasteiger partial charge in [-0.05, 0) is 25.3 Å². The summed E-state index contributed by atoms with van der Waals surface area (Å²) in [7, 11) is 3.37. The molecule has 4 rings (SSSR count). The van der Waals surface area contributed by atoms with Crippen molar-refractivity contribution in [2.75, 3.05) is 27.4 Å². The summed E-state index contributed by atoms with van der Waals surface area (Å²) in [4.78, 5) is 0. The van der Waals surface area contributed by atoms with Gasteiger partial charge in [-0.2, -0.15) is 0 Å². The highest BCUT2D eigenvalue weighted by atomic mass is 16.7. The predicted molar refractivity (Wildman–Crippen MR) is 111 cm³/mol. The number of rotatable bonds is 8. The molecule has 1 aliphatic rings. The number of benzene rings is 2. The summed E-state index contributed by atoms with van der Waals surface area (Å²) in [6.45, 7) is 1.25. The van der Waals surface area contributed by atoms with Crippen molar-refractivity contribution in [3.8, 4) is 11.5 Å². The fraction of sp³-hybridized carbons (Fsp3) is 0.333. The zero-order chi connectivity index (χ0) is 20.1. The molecule has 29 heavy (non-hydrogen) atoms. The third-order valence-electron chi connectivity index (χ3n) is 5.17. The van der Waals surface area contributed by atoms with Crippen LogP contribution in [0.15, 0.2) is 47.3 Å². The van der Waals surface area contributed by atoms with Crippen molar-refractivity contribution in [2.45, 2.75) is 25.6 Å². The van der Waals surface area contributed by atoms with E-state index < -0.39 is 0 Å². The van der Waals surface area contributed by atoms with Crippen LogP contribution in [0.2, 0.25) is 0 Å². The van der Waals surface area contributed by atoms with Gasteiger partial charge in [-0.1, -0.05) is 24.3 Å². The molecule has 1 fully saturated rings. The van der Waals surface area contributed by atoms with Crippen LogP contribution in [0.25, 0.3) is 10.8 Å². The Balaban J connectivity index is 1.52. The van der Waals surface area contributed by atoms with Crippen molar-refractivity contribution in [1.29, 1.82) is 0 Å². The van der Waals surface area contributed by atoms with E-state index in [0.29, 0.717) is 6.61 Å². The molecule has 1 aliphatic heterocycles. The van der Waals surface area contributed by atoms with Crippen LogP contribution in [0, 0.1) is 12.8 Å². The van der Waals surface area contributed by atoms with Crippen molar-refractivity contribution < 1.29 is 23.4 Å². The monoisotopic (exact) mass is 394 g/mol. The molecule has 5 heteroatoms. The summed E-state index contributed by atoms with van der Waals surface area (Å²) in [6.07, 6.45) is 10.6. The third kappa shape index (κ3) is 4.41. The molecule has 5 nitrogen and oxygen atoms in total. The standard InChI is InChI=1S/C24H26O5/c1-25-22-14-18(24(26-2)21-8-4-3-7-20(21)22)13-19-16-27-15-17(19)10-12-29-23-9-5-6-11-28-23/h3-4,7-8,10,13-16,23H,5-6,9,11-12H2,1-2H3. The van der Waals surface area contributed by atoms with Crippen molar-refractivity contribution in [3.05, 3.63) is 72.4 Å². The minimum absolute atomic E-state index is 0.107. The molecule has 1 unspecified atom stereocenters. The zero-order valence-electron chi connectivity index (χ0n) is 16.9. The van der Waals surface area contributed by atoms with Crippen LogP contribution in [0.1, 0.15) is 36.0 Å². The van der Waals surface area contributed by atoms with Crippen molar-refractivity contribution in [2.24, 2.45) is 0 Å². The lowest BCUT2D eigenvalue weighted by molar-refractivity contribution is -0.157. The molecular formula is C24H26O5. The highest BCUT2D eigenvalue weighted by molar-refractivity contribution is 5.95. The van der Waals surface area contributed by atoms with E-state index in [0.717, 1.165) is 64.8 Å². The second-order valence-electron chi connectivity index (χ2n) is 7.01. The van der Waals surface area contributed by atoms with Crippen LogP contribution in [0.5, 0.6) is 11.5 Å². The Kier molecular flexibility index (Phi) is 6.37. The lowest BCUT2D eigenvalue weighted by atomic mass is 9.97. The van der Waals surface area contributed by atoms with E-state index >= 15 is 0 Å². The second kappa shape index (κ2) is 9.33. The van der Waals surface area contributed by atoms with Crippen LogP contribution in [-0.2, 0) is 9.47 Å². The molecule has 0 amide bonds. The van der Waals surface area contributed by atoms with Crippen LogP contribution < -0.4 is 9.47 Å². The lowest BCUT2D eigenvalue weighted by Crippen LogP contribution is -2.22. The Morgan fingerprint density at radius 1 is 1.00 bits per heavy atom. The first-order chi connectivity index (χ1) is 14.3. The zero-order valence-corrected chi connectivity index (χ0v) is 16.9. The highest BCUT2D eigenvalue weighted by Crippen LogP contribution is 2.38. The molecule has 2 heterocycles. The van der Waals surface area contributed by atoms with Crippen molar-refractivity contribution in [3.63, 3.8) is 0 Å². The summed E-state index contributed by atoms with van der Waals surface area (Å²) in [5.74, 6) is 1.61. The van der Waals surface area contributed by atoms with Gasteiger partial charge in [-0.15, -0.1) is 0 Å². The second-order valence-corrected chi connectivity index (χ2v) is 7.01. The Morgan fingerprint density at radius 3 is 2.59 bits per heavy atom. The quantitative estimate of drug-likeness (QED) is 0.529. The third-order valence-corrected chi connectivity index (χ3v) is 5.17. The molecule has 2 radical (unpaired) electrons. The molecule has 1 saturated heterocycles. The molecule has 1 atom stereocenters. The van der Waals surface area contributed by atoms with Gasteiger partial charge in [-0.3, -0.25) is 0 Å². The van der Waals surface area contributed by atoms with Crippen molar-refractivity contribution in [1.82, 2.24) is 0 Å². The van der Waals surface area contributed by atoms with Crippen LogP contribution in [0.4, 0.5) is 0 Å². The summed E-state index contributed by atoms with van der Waals surface area (Å²) < 4.78 is 28.2. The van der Waals surface area contributed by atoms with E-state index in [2.05, 4.69) is 0 Å². The molecule has 0 aliphatic carbocycles. The molecule has 0 spiro atoms. The first-order valence-electron chi connectivity index (χ1n) is 9.91. The number of methoxy groups -OCH3 is 2. The van der Waals surface area contributed by atoms with Gasteiger partial charge in [0.25, 0.3) is 0 Å². The van der Waals surface area contributed by atoms with E-state index in [-0.39, 0.29) is 6.29 Å². The molecule has 2 aromatic carbocycles. The number of furan rings is 1. The summed E-state index contributed by atoms with van der Waals surface area (Å²) in [5, 5.41) is 2.02. The van der Waals surface area contributed by atoms with Gasteiger partial charge in [0.1, 0.15) is 11.5 Å². The molecule has 0 bridgehead atoms. The van der Waals surface area contributed by atoms with Gasteiger partial charge in [-0.25, -0.2) is 0 Å². The fourth-order valence-electron chi connectivity index (χ4n) is 3.70. The summed E-state index contributed by atoms with van der Waals surface area (Å²) in [6, 6.07) is 10.0. The number of fused-ring (bicyclic) bond motifs is 1. The molecule has 1 aromatic heterocycles. The van der Waals surface area contributed by atoms with Crippen LogP contribution >= 0.6 is 0 Å². The molecule has 0 saturated carbocycles. The minimum atomic E-state index is -0.107.